The normalized spacial score (nSPS) is 11.6. The smallest absolute Gasteiger partial charge is 0.145 e. The van der Waals surface area contributed by atoms with E-state index in [9.17, 15) is 0 Å². The largest absolute Gasteiger partial charge is 0.311 e. The van der Waals surface area contributed by atoms with Crippen molar-refractivity contribution in [2.24, 2.45) is 0 Å². The van der Waals surface area contributed by atoms with Gasteiger partial charge in [-0.1, -0.05) is 176 Å². The maximum atomic E-state index is 5.18. The van der Waals surface area contributed by atoms with Gasteiger partial charge in [-0.05, 0) is 155 Å². The van der Waals surface area contributed by atoms with Gasteiger partial charge in [-0.15, -0.1) is 0 Å². The number of para-hydroxylation sites is 7. The van der Waals surface area contributed by atoms with Gasteiger partial charge in [0.15, 0.2) is 0 Å². The fourth-order valence-corrected chi connectivity index (χ4v) is 11.8. The Morgan fingerprint density at radius 1 is 0.231 bits per heavy atom. The first-order chi connectivity index (χ1) is 38.7. The summed E-state index contributed by atoms with van der Waals surface area (Å²) in [6.45, 7) is 0. The molecule has 0 aliphatic carbocycles. The Bertz CT molecular complexity index is 4630. The number of rotatable bonds is 10. The van der Waals surface area contributed by atoms with Crippen LogP contribution in [0.2, 0.25) is 0 Å². The predicted molar refractivity (Wildman–Crippen MR) is 326 cm³/mol. The average Bonchev–Trinajstić information content (AvgIpc) is 4.29. The lowest BCUT2D eigenvalue weighted by molar-refractivity contribution is 1.10. The summed E-state index contributed by atoms with van der Waals surface area (Å²) in [5, 5.41) is 5.00. The van der Waals surface area contributed by atoms with Crippen LogP contribution >= 0.6 is 0 Å². The monoisotopic (exact) mass is 995 g/mol. The molecule has 0 aliphatic rings. The lowest BCUT2D eigenvalue weighted by Gasteiger charge is -2.26. The first kappa shape index (κ1) is 44.9. The Balaban J connectivity index is 0.785. The highest BCUT2D eigenvalue weighted by Gasteiger charge is 2.19. The van der Waals surface area contributed by atoms with E-state index in [1.54, 1.807) is 0 Å². The van der Waals surface area contributed by atoms with Crippen LogP contribution in [-0.2, 0) is 0 Å². The van der Waals surface area contributed by atoms with Crippen LogP contribution in [0.15, 0.2) is 297 Å². The van der Waals surface area contributed by atoms with Crippen LogP contribution in [0.4, 0.5) is 17.1 Å². The van der Waals surface area contributed by atoms with Crippen molar-refractivity contribution in [2.75, 3.05) is 4.90 Å². The number of benzene rings is 12. The first-order valence-electron chi connectivity index (χ1n) is 26.6. The van der Waals surface area contributed by atoms with Crippen molar-refractivity contribution in [3.63, 3.8) is 0 Å². The lowest BCUT2D eigenvalue weighted by atomic mass is 10.0. The summed E-state index contributed by atoms with van der Waals surface area (Å²) in [7, 11) is 0. The average molecular weight is 996 g/mol. The quantitative estimate of drug-likeness (QED) is 0.137. The molecule has 0 radical (unpaired) electrons. The van der Waals surface area contributed by atoms with E-state index in [-0.39, 0.29) is 0 Å². The highest BCUT2D eigenvalue weighted by Crippen LogP contribution is 2.41. The number of nitrogens with zero attached hydrogens (tertiary/aromatic N) is 5. The van der Waals surface area contributed by atoms with E-state index in [0.717, 1.165) is 84.4 Å². The molecule has 0 amide bonds. The summed E-state index contributed by atoms with van der Waals surface area (Å²) in [4.78, 5) is 7.53. The standard InChI is InChI=1S/C73H49N5/c1-3-18-57(19-4-1)76-70-28-13-9-24-65(70)66-49-55(38-47-71(66)76)53-36-43-61(44-37-53)75(59-39-30-50(31-40-59)51-32-45-62(46-33-51)77-68-26-11-7-22-63(68)64-23-8-12-27-69(64)77)60-41-34-52(35-42-60)54-16-15-17-56(48-54)73-74-67-25-10-14-29-72(67)78(73)58-20-5-2-6-21-58/h1-49H. The summed E-state index contributed by atoms with van der Waals surface area (Å²) in [6.07, 6.45) is 0. The van der Waals surface area contributed by atoms with Crippen molar-refractivity contribution in [1.29, 1.82) is 0 Å². The predicted octanol–water partition coefficient (Wildman–Crippen LogP) is 19.4. The molecule has 15 rings (SSSR count). The van der Waals surface area contributed by atoms with Crippen LogP contribution in [-0.4, -0.2) is 18.7 Å². The summed E-state index contributed by atoms with van der Waals surface area (Å²) < 4.78 is 7.00. The van der Waals surface area contributed by atoms with E-state index < -0.39 is 0 Å². The van der Waals surface area contributed by atoms with E-state index in [0.29, 0.717) is 0 Å². The number of anilines is 3. The third-order valence-electron chi connectivity index (χ3n) is 15.5. The van der Waals surface area contributed by atoms with Gasteiger partial charge in [0.25, 0.3) is 0 Å². The SMILES string of the molecule is c1ccc(-n2c(-c3cccc(-c4ccc(N(c5ccc(-c6ccc(-n7c8ccccc8c8ccccc87)cc6)cc5)c5ccc(-c6ccc7c(c6)c6ccccc6n7-c6ccccc6)cc5)cc4)c3)nc3ccccc32)cc1. The molecule has 5 nitrogen and oxygen atoms in total. The van der Waals surface area contributed by atoms with Crippen LogP contribution in [0.1, 0.15) is 0 Å². The second kappa shape index (κ2) is 18.7. The van der Waals surface area contributed by atoms with Crippen molar-refractivity contribution >= 4 is 71.7 Å². The molecule has 0 N–H and O–H groups in total. The van der Waals surface area contributed by atoms with Gasteiger partial charge >= 0.3 is 0 Å². The Morgan fingerprint density at radius 2 is 0.603 bits per heavy atom. The molecular weight excluding hydrogens is 947 g/mol. The van der Waals surface area contributed by atoms with E-state index in [4.69, 9.17) is 4.98 Å². The van der Waals surface area contributed by atoms with Gasteiger partial charge < -0.3 is 14.0 Å². The summed E-state index contributed by atoms with van der Waals surface area (Å²) in [5.74, 6) is 0.914. The molecule has 366 valence electrons. The van der Waals surface area contributed by atoms with Crippen molar-refractivity contribution in [3.8, 4) is 61.8 Å². The Morgan fingerprint density at radius 3 is 1.14 bits per heavy atom. The van der Waals surface area contributed by atoms with Crippen molar-refractivity contribution in [2.45, 2.75) is 0 Å². The molecule has 0 atom stereocenters. The molecule has 3 aromatic heterocycles. The molecular formula is C73H49N5. The molecule has 0 bridgehead atoms. The van der Waals surface area contributed by atoms with Gasteiger partial charge in [0.05, 0.1) is 33.1 Å². The number of imidazole rings is 1. The minimum Gasteiger partial charge on any atom is -0.311 e. The molecule has 0 spiro atoms. The maximum Gasteiger partial charge on any atom is 0.145 e. The number of fused-ring (bicyclic) bond motifs is 7. The van der Waals surface area contributed by atoms with E-state index in [1.165, 1.54) is 49.2 Å². The Labute approximate surface area is 452 Å². The molecule has 15 aromatic rings. The molecule has 3 heterocycles. The lowest BCUT2D eigenvalue weighted by Crippen LogP contribution is -2.09. The second-order valence-corrected chi connectivity index (χ2v) is 20.0. The molecule has 5 heteroatoms. The summed E-state index contributed by atoms with van der Waals surface area (Å²) in [5.41, 5.74) is 21.4. The van der Waals surface area contributed by atoms with Crippen LogP contribution < -0.4 is 4.90 Å². The van der Waals surface area contributed by atoms with E-state index in [2.05, 4.69) is 316 Å². The van der Waals surface area contributed by atoms with E-state index >= 15 is 0 Å². The van der Waals surface area contributed by atoms with Crippen LogP contribution in [0.5, 0.6) is 0 Å². The van der Waals surface area contributed by atoms with Gasteiger partial charge in [0.1, 0.15) is 5.82 Å². The first-order valence-corrected chi connectivity index (χ1v) is 26.6. The zero-order valence-electron chi connectivity index (χ0n) is 42.5. The topological polar surface area (TPSA) is 30.9 Å². The highest BCUT2D eigenvalue weighted by atomic mass is 15.1. The van der Waals surface area contributed by atoms with Crippen LogP contribution in [0.3, 0.4) is 0 Å². The minimum atomic E-state index is 0.914. The van der Waals surface area contributed by atoms with Gasteiger partial charge in [-0.3, -0.25) is 4.57 Å². The zero-order chi connectivity index (χ0) is 51.5. The van der Waals surface area contributed by atoms with Gasteiger partial charge in [-0.25, -0.2) is 4.98 Å². The van der Waals surface area contributed by atoms with Gasteiger partial charge in [0.2, 0.25) is 0 Å². The summed E-state index contributed by atoms with van der Waals surface area (Å²) >= 11 is 0. The van der Waals surface area contributed by atoms with Crippen molar-refractivity contribution in [3.05, 3.63) is 297 Å². The van der Waals surface area contributed by atoms with Crippen molar-refractivity contribution < 1.29 is 0 Å². The number of hydrogen-bond donors (Lipinski definition) is 0. The highest BCUT2D eigenvalue weighted by molar-refractivity contribution is 6.11. The molecule has 78 heavy (non-hydrogen) atoms. The van der Waals surface area contributed by atoms with Gasteiger partial charge in [0, 0.05) is 61.2 Å². The molecule has 0 saturated heterocycles. The molecule has 0 saturated carbocycles. The second-order valence-electron chi connectivity index (χ2n) is 20.0. The molecule has 12 aromatic carbocycles. The number of hydrogen-bond acceptors (Lipinski definition) is 2. The fraction of sp³-hybridized carbons (Fsp3) is 0. The minimum absolute atomic E-state index is 0.914. The third kappa shape index (κ3) is 7.67. The Kier molecular flexibility index (Phi) is 10.8. The zero-order valence-corrected chi connectivity index (χ0v) is 42.5. The van der Waals surface area contributed by atoms with Crippen LogP contribution in [0.25, 0.3) is 116 Å². The van der Waals surface area contributed by atoms with E-state index in [1.807, 2.05) is 0 Å². The summed E-state index contributed by atoms with van der Waals surface area (Å²) in [6, 6.07) is 107. The maximum absolute atomic E-state index is 5.18. The number of aromatic nitrogens is 4. The Hall–Kier alpha value is -10.5. The molecule has 0 unspecified atom stereocenters. The molecule has 0 fully saturated rings. The fourth-order valence-electron chi connectivity index (χ4n) is 11.8. The van der Waals surface area contributed by atoms with Crippen LogP contribution in [0, 0.1) is 0 Å². The van der Waals surface area contributed by atoms with Gasteiger partial charge in [-0.2, -0.15) is 0 Å². The van der Waals surface area contributed by atoms with Crippen molar-refractivity contribution in [1.82, 2.24) is 18.7 Å². The third-order valence-corrected chi connectivity index (χ3v) is 15.5. The molecule has 0 aliphatic heterocycles.